The quantitative estimate of drug-likeness (QED) is 0.473. The molecule has 0 fully saturated rings. The van der Waals surface area contributed by atoms with Crippen LogP contribution in [0.2, 0.25) is 0 Å². The second-order valence-electron chi connectivity index (χ2n) is 5.11. The van der Waals surface area contributed by atoms with E-state index in [4.69, 9.17) is 9.47 Å². The van der Waals surface area contributed by atoms with Crippen LogP contribution in [-0.4, -0.2) is 18.5 Å². The van der Waals surface area contributed by atoms with Crippen LogP contribution < -0.4 is 4.74 Å². The number of benzene rings is 1. The van der Waals surface area contributed by atoms with Crippen LogP contribution in [0.5, 0.6) is 5.75 Å². The van der Waals surface area contributed by atoms with Gasteiger partial charge in [0.05, 0.1) is 6.61 Å². The highest BCUT2D eigenvalue weighted by Crippen LogP contribution is 2.28. The van der Waals surface area contributed by atoms with Gasteiger partial charge in [0.2, 0.25) is 0 Å². The molecule has 0 spiro atoms. The van der Waals surface area contributed by atoms with Gasteiger partial charge in [0.1, 0.15) is 5.75 Å². The summed E-state index contributed by atoms with van der Waals surface area (Å²) in [5.74, 6) is -0.231. The number of ether oxygens (including phenoxy) is 2. The van der Waals surface area contributed by atoms with E-state index in [1.807, 2.05) is 32.0 Å². The highest BCUT2D eigenvalue weighted by molar-refractivity contribution is 5.89. The fraction of sp³-hybridized carbons (Fsp3) is 0.412. The molecule has 4 nitrogen and oxygen atoms in total. The third-order valence-electron chi connectivity index (χ3n) is 3.19. The molecule has 0 N–H and O–H groups in total. The number of carbonyl (C=O) groups excluding carboxylic acids is 2. The molecular formula is C17H22O4. The molecule has 0 aliphatic heterocycles. The summed E-state index contributed by atoms with van der Waals surface area (Å²) in [6.45, 7) is 8.98. The molecule has 1 unspecified atom stereocenters. The van der Waals surface area contributed by atoms with Crippen molar-refractivity contribution in [2.45, 2.75) is 40.5 Å². The summed E-state index contributed by atoms with van der Waals surface area (Å²) in [4.78, 5) is 22.8. The van der Waals surface area contributed by atoms with Crippen molar-refractivity contribution in [1.29, 1.82) is 0 Å². The minimum absolute atomic E-state index is 0.0526. The van der Waals surface area contributed by atoms with Gasteiger partial charge in [-0.05, 0) is 32.4 Å². The number of carbonyl (C=O) groups is 2. The Bertz CT molecular complexity index is 558. The summed E-state index contributed by atoms with van der Waals surface area (Å²) in [5.41, 5.74) is 2.40. The lowest BCUT2D eigenvalue weighted by atomic mass is 9.99. The van der Waals surface area contributed by atoms with Crippen LogP contribution >= 0.6 is 0 Å². The van der Waals surface area contributed by atoms with E-state index in [9.17, 15) is 9.59 Å². The fourth-order valence-electron chi connectivity index (χ4n) is 1.77. The SMILES string of the molecule is CC=C(C)C(=O)Oc1cc(C)ccc1C(C)COC(C)=O. The number of hydrogen-bond donors (Lipinski definition) is 0. The standard InChI is InChI=1S/C17H22O4/c1-6-12(3)17(19)21-16-9-11(2)7-8-15(16)13(4)10-20-14(5)18/h6-9,13H,10H2,1-5H3. The minimum Gasteiger partial charge on any atom is -0.465 e. The van der Waals surface area contributed by atoms with Gasteiger partial charge in [-0.1, -0.05) is 25.1 Å². The molecule has 21 heavy (non-hydrogen) atoms. The highest BCUT2D eigenvalue weighted by atomic mass is 16.5. The maximum Gasteiger partial charge on any atom is 0.338 e. The van der Waals surface area contributed by atoms with Crippen LogP contribution in [0, 0.1) is 6.92 Å². The summed E-state index contributed by atoms with van der Waals surface area (Å²) < 4.78 is 10.5. The summed E-state index contributed by atoms with van der Waals surface area (Å²) in [5, 5.41) is 0. The number of aryl methyl sites for hydroxylation is 1. The van der Waals surface area contributed by atoms with Gasteiger partial charge in [-0.25, -0.2) is 4.79 Å². The summed E-state index contributed by atoms with van der Waals surface area (Å²) >= 11 is 0. The molecular weight excluding hydrogens is 268 g/mol. The van der Waals surface area contributed by atoms with Gasteiger partial charge in [-0.15, -0.1) is 0 Å². The Labute approximate surface area is 125 Å². The van der Waals surface area contributed by atoms with E-state index in [1.54, 1.807) is 19.9 Å². The van der Waals surface area contributed by atoms with Gasteiger partial charge in [-0.2, -0.15) is 0 Å². The third kappa shape index (κ3) is 5.06. The van der Waals surface area contributed by atoms with E-state index in [2.05, 4.69) is 0 Å². The lowest BCUT2D eigenvalue weighted by molar-refractivity contribution is -0.141. The van der Waals surface area contributed by atoms with Gasteiger partial charge in [0.15, 0.2) is 0 Å². The Morgan fingerprint density at radius 3 is 2.52 bits per heavy atom. The molecule has 1 atom stereocenters. The van der Waals surface area contributed by atoms with Crippen LogP contribution in [0.4, 0.5) is 0 Å². The molecule has 0 aromatic heterocycles. The summed E-state index contributed by atoms with van der Waals surface area (Å²) in [7, 11) is 0. The molecule has 0 saturated carbocycles. The van der Waals surface area contributed by atoms with Crippen molar-refractivity contribution in [2.24, 2.45) is 0 Å². The first-order valence-electron chi connectivity index (χ1n) is 6.94. The van der Waals surface area contributed by atoms with E-state index in [1.165, 1.54) is 6.92 Å². The van der Waals surface area contributed by atoms with Crippen LogP contribution in [-0.2, 0) is 14.3 Å². The van der Waals surface area contributed by atoms with Crippen molar-refractivity contribution in [1.82, 2.24) is 0 Å². The zero-order valence-electron chi connectivity index (χ0n) is 13.2. The first-order chi connectivity index (χ1) is 9.85. The maximum absolute atomic E-state index is 11.9. The van der Waals surface area contributed by atoms with Crippen molar-refractivity contribution in [3.8, 4) is 5.75 Å². The average molecular weight is 290 g/mol. The fourth-order valence-corrected chi connectivity index (χ4v) is 1.77. The van der Waals surface area contributed by atoms with Crippen LogP contribution in [0.3, 0.4) is 0 Å². The van der Waals surface area contributed by atoms with Crippen molar-refractivity contribution in [2.75, 3.05) is 6.61 Å². The zero-order valence-corrected chi connectivity index (χ0v) is 13.2. The molecule has 0 amide bonds. The van der Waals surface area contributed by atoms with Crippen molar-refractivity contribution in [3.05, 3.63) is 41.0 Å². The Morgan fingerprint density at radius 1 is 1.29 bits per heavy atom. The predicted molar refractivity (Wildman–Crippen MR) is 81.3 cm³/mol. The smallest absolute Gasteiger partial charge is 0.338 e. The van der Waals surface area contributed by atoms with Gasteiger partial charge < -0.3 is 9.47 Å². The lowest BCUT2D eigenvalue weighted by Gasteiger charge is -2.16. The van der Waals surface area contributed by atoms with E-state index in [0.717, 1.165) is 11.1 Å². The van der Waals surface area contributed by atoms with Gasteiger partial charge in [0, 0.05) is 24.0 Å². The molecule has 0 heterocycles. The number of rotatable bonds is 5. The van der Waals surface area contributed by atoms with Crippen molar-refractivity contribution >= 4 is 11.9 Å². The van der Waals surface area contributed by atoms with Crippen LogP contribution in [0.25, 0.3) is 0 Å². The zero-order chi connectivity index (χ0) is 16.0. The monoisotopic (exact) mass is 290 g/mol. The minimum atomic E-state index is -0.371. The third-order valence-corrected chi connectivity index (χ3v) is 3.19. The molecule has 0 saturated heterocycles. The Kier molecular flexibility index (Phi) is 6.15. The van der Waals surface area contributed by atoms with Crippen molar-refractivity contribution in [3.63, 3.8) is 0 Å². The van der Waals surface area contributed by atoms with E-state index >= 15 is 0 Å². The predicted octanol–water partition coefficient (Wildman–Crippen LogP) is 3.53. The molecule has 1 aromatic carbocycles. The van der Waals surface area contributed by atoms with Gasteiger partial charge in [-0.3, -0.25) is 4.79 Å². The van der Waals surface area contributed by atoms with Crippen LogP contribution in [0.15, 0.2) is 29.8 Å². The normalized spacial score (nSPS) is 12.7. The highest BCUT2D eigenvalue weighted by Gasteiger charge is 2.16. The summed E-state index contributed by atoms with van der Waals surface area (Å²) in [6.07, 6.45) is 1.71. The molecule has 0 aliphatic rings. The molecule has 0 bridgehead atoms. The van der Waals surface area contributed by atoms with E-state index in [-0.39, 0.29) is 24.5 Å². The Balaban J connectivity index is 2.99. The van der Waals surface area contributed by atoms with Crippen LogP contribution in [0.1, 0.15) is 44.7 Å². The molecule has 0 aliphatic carbocycles. The largest absolute Gasteiger partial charge is 0.465 e. The Hall–Kier alpha value is -2.10. The molecule has 0 radical (unpaired) electrons. The summed E-state index contributed by atoms with van der Waals surface area (Å²) in [6, 6.07) is 5.66. The Morgan fingerprint density at radius 2 is 1.95 bits per heavy atom. The molecule has 4 heteroatoms. The second kappa shape index (κ2) is 7.62. The lowest BCUT2D eigenvalue weighted by Crippen LogP contribution is -2.13. The van der Waals surface area contributed by atoms with Gasteiger partial charge in [0.25, 0.3) is 0 Å². The maximum atomic E-state index is 11.9. The number of esters is 2. The molecule has 1 aromatic rings. The second-order valence-corrected chi connectivity index (χ2v) is 5.11. The van der Waals surface area contributed by atoms with Gasteiger partial charge >= 0.3 is 11.9 Å². The number of hydrogen-bond acceptors (Lipinski definition) is 4. The topological polar surface area (TPSA) is 52.6 Å². The molecule has 114 valence electrons. The van der Waals surface area contributed by atoms with Crippen molar-refractivity contribution < 1.29 is 19.1 Å². The van der Waals surface area contributed by atoms with E-state index < -0.39 is 0 Å². The number of allylic oxidation sites excluding steroid dienone is 1. The first kappa shape index (κ1) is 17.0. The molecule has 1 rings (SSSR count). The van der Waals surface area contributed by atoms with E-state index in [0.29, 0.717) is 11.3 Å². The average Bonchev–Trinajstić information content (AvgIpc) is 2.43. The first-order valence-corrected chi connectivity index (χ1v) is 6.94.